The van der Waals surface area contributed by atoms with Gasteiger partial charge < -0.3 is 9.72 Å². The van der Waals surface area contributed by atoms with Crippen LogP contribution in [0.1, 0.15) is 44.1 Å². The Bertz CT molecular complexity index is 1230. The summed E-state index contributed by atoms with van der Waals surface area (Å²) >= 11 is 0. The quantitative estimate of drug-likeness (QED) is 0.428. The highest BCUT2D eigenvalue weighted by molar-refractivity contribution is 5.81. The van der Waals surface area contributed by atoms with Crippen LogP contribution in [0.3, 0.4) is 0 Å². The van der Waals surface area contributed by atoms with Crippen LogP contribution in [-0.2, 0) is 23.1 Å². The van der Waals surface area contributed by atoms with Gasteiger partial charge in [0.25, 0.3) is 5.56 Å². The van der Waals surface area contributed by atoms with E-state index >= 15 is 0 Å². The first-order valence-electron chi connectivity index (χ1n) is 10.7. The monoisotopic (exact) mass is 479 g/mol. The van der Waals surface area contributed by atoms with Crippen LogP contribution in [0.5, 0.6) is 5.75 Å². The van der Waals surface area contributed by atoms with E-state index in [1.54, 1.807) is 13.0 Å². The molecule has 10 heteroatoms. The number of ether oxygens (including phenoxy) is 1. The number of carbonyl (C=O) groups excluding carboxylic acids is 1. The van der Waals surface area contributed by atoms with Crippen molar-refractivity contribution in [3.05, 3.63) is 69.7 Å². The molecule has 0 spiro atoms. The lowest BCUT2D eigenvalue weighted by molar-refractivity contribution is -0.181. The fourth-order valence-electron chi connectivity index (χ4n) is 3.29. The molecule has 2 heterocycles. The van der Waals surface area contributed by atoms with Crippen molar-refractivity contribution in [1.29, 1.82) is 0 Å². The zero-order chi connectivity index (χ0) is 25.1. The van der Waals surface area contributed by atoms with E-state index in [4.69, 9.17) is 4.74 Å². The molecular weight excluding hydrogens is 454 g/mol. The second-order valence-corrected chi connectivity index (χ2v) is 8.44. The molecule has 0 aliphatic carbocycles. The van der Waals surface area contributed by atoms with Gasteiger partial charge >= 0.3 is 6.18 Å². The van der Waals surface area contributed by atoms with Crippen molar-refractivity contribution in [2.24, 2.45) is 0 Å². The molecule has 0 fully saturated rings. The van der Waals surface area contributed by atoms with Gasteiger partial charge in [0.15, 0.2) is 5.75 Å². The number of nitrogens with zero attached hydrogens (tertiary/aromatic N) is 1. The van der Waals surface area contributed by atoms with Crippen LogP contribution >= 0.6 is 0 Å². The van der Waals surface area contributed by atoms with E-state index in [-0.39, 0.29) is 47.6 Å². The van der Waals surface area contributed by atoms with Gasteiger partial charge in [0.2, 0.25) is 0 Å². The number of ketones is 1. The molecule has 3 aromatic rings. The van der Waals surface area contributed by atoms with Crippen LogP contribution in [0.25, 0.3) is 11.1 Å². The summed E-state index contributed by atoms with van der Waals surface area (Å²) in [6.45, 7) is 4.12. The number of alkyl halides is 3. The maximum absolute atomic E-state index is 14.7. The normalized spacial score (nSPS) is 12.1. The average Bonchev–Trinajstić information content (AvgIpc) is 3.24. The molecule has 3 rings (SSSR count). The predicted molar refractivity (Wildman–Crippen MR) is 118 cm³/mol. The molecule has 6 nitrogen and oxygen atoms in total. The van der Waals surface area contributed by atoms with E-state index in [2.05, 4.69) is 15.2 Å². The average molecular weight is 479 g/mol. The summed E-state index contributed by atoms with van der Waals surface area (Å²) in [7, 11) is 0. The maximum atomic E-state index is 14.7. The van der Waals surface area contributed by atoms with Crippen molar-refractivity contribution in [1.82, 2.24) is 15.2 Å². The minimum Gasteiger partial charge on any atom is -0.488 e. The lowest BCUT2D eigenvalue weighted by Gasteiger charge is -2.25. The van der Waals surface area contributed by atoms with E-state index in [1.807, 2.05) is 0 Å². The summed E-state index contributed by atoms with van der Waals surface area (Å²) in [6, 6.07) is 7.22. The molecular formula is C24H25F4N3O3. The second kappa shape index (κ2) is 9.82. The number of hydrogen-bond acceptors (Lipinski definition) is 4. The number of nitrogens with one attached hydrogen (secondary N) is 2. The Morgan fingerprint density at radius 1 is 1.12 bits per heavy atom. The minimum absolute atomic E-state index is 0.0207. The van der Waals surface area contributed by atoms with Gasteiger partial charge in [-0.05, 0) is 56.5 Å². The van der Waals surface area contributed by atoms with Gasteiger partial charge in [-0.25, -0.2) is 4.39 Å². The smallest absolute Gasteiger partial charge is 0.399 e. The van der Waals surface area contributed by atoms with Crippen molar-refractivity contribution in [2.45, 2.75) is 51.6 Å². The number of rotatable bonds is 9. The van der Waals surface area contributed by atoms with Crippen molar-refractivity contribution in [3.63, 3.8) is 0 Å². The number of aromatic amines is 2. The highest BCUT2D eigenvalue weighted by Gasteiger charge is 2.50. The fraction of sp³-hybridized carbons (Fsp3) is 0.375. The van der Waals surface area contributed by atoms with Crippen LogP contribution < -0.4 is 10.3 Å². The Hall–Kier alpha value is -3.43. The number of halogens is 4. The Morgan fingerprint density at radius 3 is 2.50 bits per heavy atom. The molecule has 0 atom stereocenters. The van der Waals surface area contributed by atoms with Gasteiger partial charge in [0.05, 0.1) is 12.3 Å². The minimum atomic E-state index is -4.46. The number of Topliss-reactive ketones (excluding diaryl/α,β-unsaturated/α-hetero) is 1. The topological polar surface area (TPSA) is 87.8 Å². The summed E-state index contributed by atoms with van der Waals surface area (Å²) in [4.78, 5) is 26.7. The molecule has 0 bridgehead atoms. The van der Waals surface area contributed by atoms with Crippen molar-refractivity contribution in [2.75, 3.05) is 6.61 Å². The summed E-state index contributed by atoms with van der Waals surface area (Å²) in [5.41, 5.74) is -1.00. The number of benzene rings is 1. The standard InChI is InChI=1S/C24H25F4N3O3/c1-4-34-20-11-16(13-29-22(20)33)14-5-6-15(19(25)10-14)9-18(32)8-7-17-12-21(31-30-17)23(2,3)24(26,27)28/h5-6,10-13H,4,7-9H2,1-3H3,(H,29,33)(H,30,31). The maximum Gasteiger partial charge on any atom is 0.399 e. The van der Waals surface area contributed by atoms with Crippen molar-refractivity contribution in [3.8, 4) is 16.9 Å². The first-order valence-corrected chi connectivity index (χ1v) is 10.7. The third kappa shape index (κ3) is 5.55. The lowest BCUT2D eigenvalue weighted by Crippen LogP contribution is -2.36. The first kappa shape index (κ1) is 25.2. The SMILES string of the molecule is CCOc1cc(-c2ccc(CC(=O)CCc3cc(C(C)(C)C(F)(F)F)n[nH]3)c(F)c2)c[nH]c1=O. The number of pyridine rings is 1. The molecule has 34 heavy (non-hydrogen) atoms. The Kier molecular flexibility index (Phi) is 7.28. The second-order valence-electron chi connectivity index (χ2n) is 8.44. The number of aromatic nitrogens is 3. The molecule has 182 valence electrons. The van der Waals surface area contributed by atoms with E-state index in [1.165, 1.54) is 30.5 Å². The number of hydrogen-bond donors (Lipinski definition) is 2. The summed E-state index contributed by atoms with van der Waals surface area (Å²) in [5, 5.41) is 6.29. The summed E-state index contributed by atoms with van der Waals surface area (Å²) < 4.78 is 59.4. The Labute approximate surface area is 193 Å². The first-order chi connectivity index (χ1) is 15.9. The van der Waals surface area contributed by atoms with Gasteiger partial charge in [0, 0.05) is 30.3 Å². The molecule has 0 aliphatic rings. The van der Waals surface area contributed by atoms with Gasteiger partial charge in [-0.2, -0.15) is 18.3 Å². The van der Waals surface area contributed by atoms with Gasteiger partial charge in [0.1, 0.15) is 17.0 Å². The highest BCUT2D eigenvalue weighted by atomic mass is 19.4. The molecule has 0 saturated heterocycles. The highest BCUT2D eigenvalue weighted by Crippen LogP contribution is 2.39. The lowest BCUT2D eigenvalue weighted by atomic mass is 9.88. The van der Waals surface area contributed by atoms with Gasteiger partial charge in [-0.3, -0.25) is 14.7 Å². The summed E-state index contributed by atoms with van der Waals surface area (Å²) in [6.07, 6.45) is -2.98. The van der Waals surface area contributed by atoms with Crippen LogP contribution in [0.2, 0.25) is 0 Å². The largest absolute Gasteiger partial charge is 0.488 e. The molecule has 0 aliphatic heterocycles. The molecule has 0 unspecified atom stereocenters. The van der Waals surface area contributed by atoms with Crippen molar-refractivity contribution >= 4 is 5.78 Å². The predicted octanol–water partition coefficient (Wildman–Crippen LogP) is 4.89. The summed E-state index contributed by atoms with van der Waals surface area (Å²) in [5.74, 6) is -0.716. The van der Waals surface area contributed by atoms with Crippen LogP contribution in [-0.4, -0.2) is 33.7 Å². The number of aryl methyl sites for hydroxylation is 1. The third-order valence-electron chi connectivity index (χ3n) is 5.60. The fourth-order valence-corrected chi connectivity index (χ4v) is 3.29. The van der Waals surface area contributed by atoms with Crippen LogP contribution in [0, 0.1) is 5.82 Å². The third-order valence-corrected chi connectivity index (χ3v) is 5.60. The molecule has 0 radical (unpaired) electrons. The van der Waals surface area contributed by atoms with E-state index in [0.717, 1.165) is 13.8 Å². The zero-order valence-corrected chi connectivity index (χ0v) is 19.0. The van der Waals surface area contributed by atoms with Crippen molar-refractivity contribution < 1.29 is 27.1 Å². The molecule has 0 saturated carbocycles. The van der Waals surface area contributed by atoms with Crippen LogP contribution in [0.4, 0.5) is 17.6 Å². The Morgan fingerprint density at radius 2 is 1.85 bits per heavy atom. The number of H-pyrrole nitrogens is 2. The van der Waals surface area contributed by atoms with E-state index in [9.17, 15) is 27.2 Å². The molecule has 0 amide bonds. The van der Waals surface area contributed by atoms with Crippen LogP contribution in [0.15, 0.2) is 41.3 Å². The van der Waals surface area contributed by atoms with Gasteiger partial charge in [-0.15, -0.1) is 0 Å². The number of carbonyl (C=O) groups is 1. The van der Waals surface area contributed by atoms with E-state index in [0.29, 0.717) is 23.4 Å². The molecule has 1 aromatic carbocycles. The molecule has 2 N–H and O–H groups in total. The van der Waals surface area contributed by atoms with Gasteiger partial charge in [-0.1, -0.05) is 12.1 Å². The Balaban J connectivity index is 1.64. The van der Waals surface area contributed by atoms with E-state index < -0.39 is 17.4 Å². The zero-order valence-electron chi connectivity index (χ0n) is 19.0. The molecule has 2 aromatic heterocycles.